The zero-order chi connectivity index (χ0) is 9.84. The topological polar surface area (TPSA) is 76.2 Å². The van der Waals surface area contributed by atoms with E-state index in [1.807, 2.05) is 13.8 Å². The van der Waals surface area contributed by atoms with Crippen molar-refractivity contribution >= 4 is 12.0 Å². The van der Waals surface area contributed by atoms with Crippen LogP contribution in [-0.2, 0) is 4.79 Å². The zero-order valence-electron chi connectivity index (χ0n) is 7.39. The number of carboxylic acid groups (broad SMARTS) is 1. The Balaban J connectivity index is 2.75. The third-order valence-electron chi connectivity index (χ3n) is 1.34. The normalized spacial score (nSPS) is 11.3. The van der Waals surface area contributed by atoms with Crippen LogP contribution in [0.1, 0.15) is 31.5 Å². The van der Waals surface area contributed by atoms with Gasteiger partial charge in [0.2, 0.25) is 0 Å². The molecule has 70 valence electrons. The largest absolute Gasteiger partial charge is 0.478 e. The fourth-order valence-corrected chi connectivity index (χ4v) is 0.692. The highest BCUT2D eigenvalue weighted by molar-refractivity contribution is 5.84. The van der Waals surface area contributed by atoms with Crippen molar-refractivity contribution in [2.75, 3.05) is 0 Å². The summed E-state index contributed by atoms with van der Waals surface area (Å²) in [4.78, 5) is 14.1. The lowest BCUT2D eigenvalue weighted by Gasteiger charge is -1.91. The van der Waals surface area contributed by atoms with E-state index < -0.39 is 5.97 Å². The molecule has 0 spiro atoms. The lowest BCUT2D eigenvalue weighted by Crippen LogP contribution is -1.89. The molecule has 0 bridgehead atoms. The molecule has 0 saturated heterocycles. The number of rotatable bonds is 3. The number of aromatic nitrogens is 2. The van der Waals surface area contributed by atoms with Crippen LogP contribution in [0.25, 0.3) is 6.08 Å². The lowest BCUT2D eigenvalue weighted by molar-refractivity contribution is -0.131. The Hall–Kier alpha value is -1.65. The van der Waals surface area contributed by atoms with Gasteiger partial charge >= 0.3 is 5.97 Å². The molecule has 0 amide bonds. The van der Waals surface area contributed by atoms with E-state index in [1.54, 1.807) is 0 Å². The quantitative estimate of drug-likeness (QED) is 0.713. The number of carbonyl (C=O) groups is 1. The highest BCUT2D eigenvalue weighted by Gasteiger charge is 2.06. The van der Waals surface area contributed by atoms with Crippen molar-refractivity contribution in [3.63, 3.8) is 0 Å². The van der Waals surface area contributed by atoms with Gasteiger partial charge in [-0.05, 0) is 0 Å². The highest BCUT2D eigenvalue weighted by Crippen LogP contribution is 2.09. The molecule has 1 aromatic rings. The van der Waals surface area contributed by atoms with Gasteiger partial charge in [-0.25, -0.2) is 4.79 Å². The fourth-order valence-electron chi connectivity index (χ4n) is 0.692. The Kier molecular flexibility index (Phi) is 2.79. The van der Waals surface area contributed by atoms with E-state index in [9.17, 15) is 4.79 Å². The van der Waals surface area contributed by atoms with Crippen LogP contribution in [0.3, 0.4) is 0 Å². The number of hydrogen-bond acceptors (Lipinski definition) is 4. The lowest BCUT2D eigenvalue weighted by atomic mass is 10.2. The molecule has 5 heteroatoms. The van der Waals surface area contributed by atoms with Gasteiger partial charge in [0.25, 0.3) is 5.89 Å². The first-order valence-corrected chi connectivity index (χ1v) is 3.84. The van der Waals surface area contributed by atoms with Crippen LogP contribution in [0.4, 0.5) is 0 Å². The van der Waals surface area contributed by atoms with Crippen molar-refractivity contribution in [3.8, 4) is 0 Å². The highest BCUT2D eigenvalue weighted by atomic mass is 16.5. The summed E-state index contributed by atoms with van der Waals surface area (Å²) in [5, 5.41) is 12.0. The molecule has 0 saturated carbocycles. The maximum Gasteiger partial charge on any atom is 0.328 e. The maximum atomic E-state index is 10.1. The monoisotopic (exact) mass is 182 g/mol. The molecule has 0 unspecified atom stereocenters. The van der Waals surface area contributed by atoms with Gasteiger partial charge < -0.3 is 9.63 Å². The van der Waals surface area contributed by atoms with Crippen molar-refractivity contribution in [1.29, 1.82) is 0 Å². The second kappa shape index (κ2) is 3.84. The summed E-state index contributed by atoms with van der Waals surface area (Å²) in [6.07, 6.45) is 2.22. The molecular formula is C8H10N2O3. The molecule has 13 heavy (non-hydrogen) atoms. The molecule has 5 nitrogen and oxygen atoms in total. The predicted molar refractivity (Wildman–Crippen MR) is 45.1 cm³/mol. The Morgan fingerprint density at radius 2 is 2.31 bits per heavy atom. The van der Waals surface area contributed by atoms with Crippen molar-refractivity contribution < 1.29 is 14.4 Å². The summed E-state index contributed by atoms with van der Waals surface area (Å²) in [5.41, 5.74) is 0. The summed E-state index contributed by atoms with van der Waals surface area (Å²) in [5.74, 6) is -0.0730. The van der Waals surface area contributed by atoms with Crippen LogP contribution in [0.5, 0.6) is 0 Å². The molecule has 1 heterocycles. The van der Waals surface area contributed by atoms with Crippen molar-refractivity contribution in [3.05, 3.63) is 17.8 Å². The smallest absolute Gasteiger partial charge is 0.328 e. The molecule has 1 rings (SSSR count). The molecule has 0 aromatic carbocycles. The molecule has 0 fully saturated rings. The van der Waals surface area contributed by atoms with Crippen LogP contribution >= 0.6 is 0 Å². The van der Waals surface area contributed by atoms with Crippen LogP contribution in [-0.4, -0.2) is 21.2 Å². The van der Waals surface area contributed by atoms with E-state index in [1.165, 1.54) is 6.08 Å². The Morgan fingerprint density at radius 1 is 1.62 bits per heavy atom. The molecule has 0 aliphatic rings. The third kappa shape index (κ3) is 2.70. The molecule has 1 aromatic heterocycles. The summed E-state index contributed by atoms with van der Waals surface area (Å²) < 4.78 is 4.77. The van der Waals surface area contributed by atoms with Gasteiger partial charge in [0.1, 0.15) is 0 Å². The van der Waals surface area contributed by atoms with Gasteiger partial charge in [0.05, 0.1) is 0 Å². The van der Waals surface area contributed by atoms with Crippen LogP contribution < -0.4 is 0 Å². The standard InChI is InChI=1S/C8H10N2O3/c1-5(2)8-9-6(13-10-8)3-4-7(11)12/h3-5H,1-2H3,(H,11,12). The van der Waals surface area contributed by atoms with Gasteiger partial charge in [-0.2, -0.15) is 4.98 Å². The predicted octanol–water partition coefficient (Wildman–Crippen LogP) is 1.29. The number of nitrogens with zero attached hydrogens (tertiary/aromatic N) is 2. The SMILES string of the molecule is CC(C)c1noc(C=CC(=O)O)n1. The summed E-state index contributed by atoms with van der Waals surface area (Å²) in [6, 6.07) is 0. The fraction of sp³-hybridized carbons (Fsp3) is 0.375. The van der Waals surface area contributed by atoms with Crippen molar-refractivity contribution in [2.45, 2.75) is 19.8 Å². The van der Waals surface area contributed by atoms with E-state index in [0.29, 0.717) is 5.82 Å². The molecule has 0 radical (unpaired) electrons. The molecule has 0 aliphatic carbocycles. The molecular weight excluding hydrogens is 172 g/mol. The van der Waals surface area contributed by atoms with Crippen LogP contribution in [0.15, 0.2) is 10.6 Å². The molecule has 1 N–H and O–H groups in total. The first kappa shape index (κ1) is 9.44. The minimum absolute atomic E-state index is 0.177. The second-order valence-electron chi connectivity index (χ2n) is 2.82. The first-order valence-electron chi connectivity index (χ1n) is 3.84. The van der Waals surface area contributed by atoms with Crippen LogP contribution in [0.2, 0.25) is 0 Å². The zero-order valence-corrected chi connectivity index (χ0v) is 7.39. The van der Waals surface area contributed by atoms with E-state index >= 15 is 0 Å². The van der Waals surface area contributed by atoms with E-state index in [0.717, 1.165) is 6.08 Å². The number of hydrogen-bond donors (Lipinski definition) is 1. The van der Waals surface area contributed by atoms with E-state index in [4.69, 9.17) is 9.63 Å². The average Bonchev–Trinajstić information content (AvgIpc) is 2.48. The maximum absolute atomic E-state index is 10.1. The van der Waals surface area contributed by atoms with Gasteiger partial charge in [-0.1, -0.05) is 19.0 Å². The van der Waals surface area contributed by atoms with Crippen molar-refractivity contribution in [2.24, 2.45) is 0 Å². The Labute approximate surface area is 75.1 Å². The van der Waals surface area contributed by atoms with E-state index in [2.05, 4.69) is 10.1 Å². The first-order chi connectivity index (χ1) is 6.09. The van der Waals surface area contributed by atoms with Crippen molar-refractivity contribution in [1.82, 2.24) is 10.1 Å². The van der Waals surface area contributed by atoms with Gasteiger partial charge in [-0.15, -0.1) is 0 Å². The minimum Gasteiger partial charge on any atom is -0.478 e. The number of aliphatic carboxylic acids is 1. The summed E-state index contributed by atoms with van der Waals surface area (Å²) >= 11 is 0. The van der Waals surface area contributed by atoms with E-state index in [-0.39, 0.29) is 11.8 Å². The Bertz CT molecular complexity index is 328. The number of carboxylic acids is 1. The van der Waals surface area contributed by atoms with Gasteiger partial charge in [0, 0.05) is 18.1 Å². The van der Waals surface area contributed by atoms with Crippen LogP contribution in [0, 0.1) is 0 Å². The molecule has 0 atom stereocenters. The Morgan fingerprint density at radius 3 is 2.77 bits per heavy atom. The molecule has 0 aliphatic heterocycles. The van der Waals surface area contributed by atoms with Gasteiger partial charge in [0.15, 0.2) is 5.82 Å². The summed E-state index contributed by atoms with van der Waals surface area (Å²) in [6.45, 7) is 3.85. The average molecular weight is 182 g/mol. The second-order valence-corrected chi connectivity index (χ2v) is 2.82. The van der Waals surface area contributed by atoms with Gasteiger partial charge in [-0.3, -0.25) is 0 Å². The third-order valence-corrected chi connectivity index (χ3v) is 1.34. The summed E-state index contributed by atoms with van der Waals surface area (Å²) in [7, 11) is 0. The minimum atomic E-state index is -1.04.